The average Bonchev–Trinajstić information content (AvgIpc) is 2.82. The minimum atomic E-state index is -3.44. The molecule has 112 valence electrons. The molecule has 0 N–H and O–H groups in total. The van der Waals surface area contributed by atoms with E-state index >= 15 is 0 Å². The Morgan fingerprint density at radius 3 is 2.33 bits per heavy atom. The van der Waals surface area contributed by atoms with Gasteiger partial charge < -0.3 is 4.57 Å². The summed E-state index contributed by atoms with van der Waals surface area (Å²) in [5, 5.41) is 0. The van der Waals surface area contributed by atoms with Crippen molar-refractivity contribution in [2.75, 3.05) is 6.54 Å². The number of fused-ring (bicyclic) bond motifs is 1. The second kappa shape index (κ2) is 5.00. The van der Waals surface area contributed by atoms with Crippen LogP contribution >= 0.6 is 0 Å². The monoisotopic (exact) mass is 304 g/mol. The van der Waals surface area contributed by atoms with Crippen LogP contribution in [-0.2, 0) is 16.6 Å². The molecule has 0 unspecified atom stereocenters. The van der Waals surface area contributed by atoms with Crippen LogP contribution in [0.2, 0.25) is 0 Å². The Balaban J connectivity index is 1.99. The van der Waals surface area contributed by atoms with E-state index in [1.807, 2.05) is 38.1 Å². The molecule has 0 amide bonds. The van der Waals surface area contributed by atoms with E-state index in [4.69, 9.17) is 0 Å². The molecule has 1 aliphatic heterocycles. The van der Waals surface area contributed by atoms with Gasteiger partial charge in [-0.2, -0.15) is 4.31 Å². The van der Waals surface area contributed by atoms with Crippen molar-refractivity contribution in [2.45, 2.75) is 38.3 Å². The molecular weight excluding hydrogens is 284 g/mol. The van der Waals surface area contributed by atoms with Gasteiger partial charge >= 0.3 is 0 Å². The molecule has 5 heteroatoms. The lowest BCUT2D eigenvalue weighted by atomic mass is 10.2. The van der Waals surface area contributed by atoms with Crippen LogP contribution < -0.4 is 0 Å². The fraction of sp³-hybridized carbons (Fsp3) is 0.375. The lowest BCUT2D eigenvalue weighted by Gasteiger charge is -2.34. The predicted octanol–water partition coefficient (Wildman–Crippen LogP) is 2.87. The fourth-order valence-corrected chi connectivity index (χ4v) is 4.57. The molecule has 0 saturated heterocycles. The maximum absolute atomic E-state index is 12.8. The standard InChI is InChI=1S/C16H20N2O2S/c1-12-4-7-15(8-5-12)21(19,20)18-11-10-17-13(2)6-9-16(17)14(18)3/h4-9,14H,10-11H2,1-3H3/t14-/m1/s1. The van der Waals surface area contributed by atoms with E-state index < -0.39 is 10.0 Å². The zero-order valence-electron chi connectivity index (χ0n) is 12.6. The van der Waals surface area contributed by atoms with Crippen LogP contribution in [0.25, 0.3) is 0 Å². The van der Waals surface area contributed by atoms with Crippen molar-refractivity contribution in [3.05, 3.63) is 53.3 Å². The van der Waals surface area contributed by atoms with Gasteiger partial charge in [0.2, 0.25) is 10.0 Å². The Morgan fingerprint density at radius 1 is 1.00 bits per heavy atom. The minimum absolute atomic E-state index is 0.140. The van der Waals surface area contributed by atoms with E-state index in [-0.39, 0.29) is 6.04 Å². The second-order valence-electron chi connectivity index (χ2n) is 5.66. The average molecular weight is 304 g/mol. The van der Waals surface area contributed by atoms with E-state index in [1.54, 1.807) is 16.4 Å². The summed E-state index contributed by atoms with van der Waals surface area (Å²) in [6, 6.07) is 11.0. The molecule has 0 fully saturated rings. The van der Waals surface area contributed by atoms with E-state index in [2.05, 4.69) is 11.5 Å². The van der Waals surface area contributed by atoms with Gasteiger partial charge in [-0.05, 0) is 45.0 Å². The Morgan fingerprint density at radius 2 is 1.67 bits per heavy atom. The van der Waals surface area contributed by atoms with Crippen LogP contribution in [0.1, 0.15) is 29.9 Å². The SMILES string of the molecule is Cc1ccc(S(=O)(=O)N2CCn3c(C)ccc3[C@H]2C)cc1. The highest BCUT2D eigenvalue weighted by Crippen LogP contribution is 2.32. The minimum Gasteiger partial charge on any atom is -0.346 e. The van der Waals surface area contributed by atoms with E-state index in [0.29, 0.717) is 18.0 Å². The van der Waals surface area contributed by atoms with Crippen LogP contribution in [0, 0.1) is 13.8 Å². The van der Waals surface area contributed by atoms with Gasteiger partial charge in [-0.15, -0.1) is 0 Å². The first kappa shape index (κ1) is 14.4. The number of sulfonamides is 1. The second-order valence-corrected chi connectivity index (χ2v) is 7.55. The van der Waals surface area contributed by atoms with Crippen molar-refractivity contribution >= 4 is 10.0 Å². The molecule has 0 spiro atoms. The third kappa shape index (κ3) is 2.30. The Hall–Kier alpha value is -1.59. The fourth-order valence-electron chi connectivity index (χ4n) is 2.97. The third-order valence-corrected chi connectivity index (χ3v) is 6.25. The van der Waals surface area contributed by atoms with Gasteiger partial charge in [0.25, 0.3) is 0 Å². The molecule has 21 heavy (non-hydrogen) atoms. The molecule has 1 aromatic heterocycles. The third-order valence-electron chi connectivity index (χ3n) is 4.26. The van der Waals surface area contributed by atoms with Crippen molar-refractivity contribution in [1.29, 1.82) is 0 Å². The summed E-state index contributed by atoms with van der Waals surface area (Å²) in [7, 11) is -3.44. The van der Waals surface area contributed by atoms with Gasteiger partial charge in [0.15, 0.2) is 0 Å². The molecule has 4 nitrogen and oxygen atoms in total. The highest BCUT2D eigenvalue weighted by molar-refractivity contribution is 7.89. The van der Waals surface area contributed by atoms with E-state index in [9.17, 15) is 8.42 Å². The Labute approximate surface area is 126 Å². The molecular formula is C16H20N2O2S. The number of hydrogen-bond donors (Lipinski definition) is 0. The first-order valence-corrected chi connectivity index (χ1v) is 8.60. The number of rotatable bonds is 2. The van der Waals surface area contributed by atoms with Crippen molar-refractivity contribution in [1.82, 2.24) is 8.87 Å². The van der Waals surface area contributed by atoms with Gasteiger partial charge in [-0.1, -0.05) is 17.7 Å². The zero-order valence-corrected chi connectivity index (χ0v) is 13.4. The number of aryl methyl sites for hydroxylation is 2. The molecule has 1 aromatic carbocycles. The van der Waals surface area contributed by atoms with Crippen molar-refractivity contribution < 1.29 is 8.42 Å². The topological polar surface area (TPSA) is 42.3 Å². The van der Waals surface area contributed by atoms with E-state index in [1.165, 1.54) is 5.69 Å². The van der Waals surface area contributed by atoms with E-state index in [0.717, 1.165) is 11.3 Å². The quantitative estimate of drug-likeness (QED) is 0.856. The first-order valence-electron chi connectivity index (χ1n) is 7.16. The van der Waals surface area contributed by atoms with Crippen molar-refractivity contribution in [3.63, 3.8) is 0 Å². The zero-order chi connectivity index (χ0) is 15.2. The number of aromatic nitrogens is 1. The number of benzene rings is 1. The number of nitrogens with zero attached hydrogens (tertiary/aromatic N) is 2. The largest absolute Gasteiger partial charge is 0.346 e. The van der Waals surface area contributed by atoms with Gasteiger partial charge in [-0.25, -0.2) is 8.42 Å². The molecule has 0 radical (unpaired) electrons. The van der Waals surface area contributed by atoms with Gasteiger partial charge in [-0.3, -0.25) is 0 Å². The van der Waals surface area contributed by atoms with Crippen LogP contribution in [-0.4, -0.2) is 23.8 Å². The van der Waals surface area contributed by atoms with Crippen molar-refractivity contribution in [2.24, 2.45) is 0 Å². The number of hydrogen-bond acceptors (Lipinski definition) is 2. The molecule has 0 aliphatic carbocycles. The molecule has 1 aliphatic rings. The maximum atomic E-state index is 12.8. The summed E-state index contributed by atoms with van der Waals surface area (Å²) >= 11 is 0. The van der Waals surface area contributed by atoms with Crippen LogP contribution in [0.3, 0.4) is 0 Å². The highest BCUT2D eigenvalue weighted by atomic mass is 32.2. The normalized spacial score (nSPS) is 19.5. The first-order chi connectivity index (χ1) is 9.91. The molecule has 1 atom stereocenters. The summed E-state index contributed by atoms with van der Waals surface area (Å²) in [5.41, 5.74) is 3.31. The van der Waals surface area contributed by atoms with Gasteiger partial charge in [0, 0.05) is 24.5 Å². The lowest BCUT2D eigenvalue weighted by molar-refractivity contribution is 0.280. The summed E-state index contributed by atoms with van der Waals surface area (Å²) in [5.74, 6) is 0. The van der Waals surface area contributed by atoms with Gasteiger partial charge in [0.05, 0.1) is 10.9 Å². The maximum Gasteiger partial charge on any atom is 0.243 e. The molecule has 2 aromatic rings. The Bertz CT molecular complexity index is 760. The highest BCUT2D eigenvalue weighted by Gasteiger charge is 2.34. The molecule has 2 heterocycles. The molecule has 0 bridgehead atoms. The summed E-state index contributed by atoms with van der Waals surface area (Å²) in [6.07, 6.45) is 0. The van der Waals surface area contributed by atoms with Crippen LogP contribution in [0.5, 0.6) is 0 Å². The predicted molar refractivity (Wildman–Crippen MR) is 82.7 cm³/mol. The van der Waals surface area contributed by atoms with Crippen LogP contribution in [0.15, 0.2) is 41.3 Å². The lowest BCUT2D eigenvalue weighted by Crippen LogP contribution is -2.40. The van der Waals surface area contributed by atoms with Crippen LogP contribution in [0.4, 0.5) is 0 Å². The molecule has 3 rings (SSSR count). The summed E-state index contributed by atoms with van der Waals surface area (Å²) in [4.78, 5) is 0.372. The Kier molecular flexibility index (Phi) is 3.42. The molecule has 0 saturated carbocycles. The smallest absolute Gasteiger partial charge is 0.243 e. The van der Waals surface area contributed by atoms with Gasteiger partial charge in [0.1, 0.15) is 0 Å². The summed E-state index contributed by atoms with van der Waals surface area (Å²) in [6.45, 7) is 7.19. The van der Waals surface area contributed by atoms with Crippen molar-refractivity contribution in [3.8, 4) is 0 Å². The summed E-state index contributed by atoms with van der Waals surface area (Å²) < 4.78 is 29.5.